The fraction of sp³-hybridized carbons (Fsp3) is 0.167. The number of aromatic nitrogens is 2. The van der Waals surface area contributed by atoms with E-state index in [1.165, 1.54) is 30.5 Å². The van der Waals surface area contributed by atoms with Crippen molar-refractivity contribution in [3.05, 3.63) is 41.6 Å². The lowest BCUT2D eigenvalue weighted by atomic mass is 10.1. The lowest BCUT2D eigenvalue weighted by Crippen LogP contribution is -2.16. The zero-order valence-electron chi connectivity index (χ0n) is 10.9. The lowest BCUT2D eigenvalue weighted by Gasteiger charge is -2.14. The summed E-state index contributed by atoms with van der Waals surface area (Å²) in [6.07, 6.45) is 1.18. The number of nitrogens with two attached hydrogens (primary N) is 1. The van der Waals surface area contributed by atoms with Crippen LogP contribution in [-0.4, -0.2) is 26.6 Å². The molecule has 2 aromatic rings. The summed E-state index contributed by atoms with van der Waals surface area (Å²) in [5.74, 6) is -0.874. The number of benzene rings is 1. The second-order valence-corrected chi connectivity index (χ2v) is 5.16. The number of hydrogen-bond donors (Lipinski definition) is 2. The number of rotatable bonds is 5. The van der Waals surface area contributed by atoms with Gasteiger partial charge in [-0.25, -0.2) is 0 Å². The Labute approximate surface area is 126 Å². The summed E-state index contributed by atoms with van der Waals surface area (Å²) >= 11 is -0.363. The number of amides is 1. The SMILES string of the molecule is NC(=O)c1cccc(SC(F)(F)F)c1COc1ccn(O)n1. The third-order valence-electron chi connectivity index (χ3n) is 2.54. The van der Waals surface area contributed by atoms with Gasteiger partial charge in [-0.05, 0) is 23.9 Å². The first-order valence-electron chi connectivity index (χ1n) is 5.81. The van der Waals surface area contributed by atoms with Gasteiger partial charge in [-0.1, -0.05) is 11.2 Å². The highest BCUT2D eigenvalue weighted by atomic mass is 32.2. The van der Waals surface area contributed by atoms with E-state index < -0.39 is 11.4 Å². The van der Waals surface area contributed by atoms with Crippen LogP contribution in [-0.2, 0) is 6.61 Å². The molecule has 1 aromatic heterocycles. The van der Waals surface area contributed by atoms with Crippen molar-refractivity contribution in [2.45, 2.75) is 17.0 Å². The third-order valence-corrected chi connectivity index (χ3v) is 3.37. The summed E-state index contributed by atoms with van der Waals surface area (Å²) in [7, 11) is 0. The van der Waals surface area contributed by atoms with Crippen molar-refractivity contribution in [1.82, 2.24) is 9.94 Å². The molecule has 118 valence electrons. The first kappa shape index (κ1) is 16.0. The Kier molecular flexibility index (Phi) is 4.50. The number of alkyl halides is 3. The van der Waals surface area contributed by atoms with Crippen molar-refractivity contribution < 1.29 is 27.9 Å². The van der Waals surface area contributed by atoms with Gasteiger partial charge in [0.1, 0.15) is 6.61 Å². The molecule has 1 heterocycles. The molecule has 1 aromatic carbocycles. The number of carbonyl (C=O) groups is 1. The molecule has 22 heavy (non-hydrogen) atoms. The van der Waals surface area contributed by atoms with Crippen LogP contribution in [0.15, 0.2) is 35.4 Å². The van der Waals surface area contributed by atoms with Gasteiger partial charge in [0, 0.05) is 22.1 Å². The molecule has 10 heteroatoms. The maximum Gasteiger partial charge on any atom is 0.446 e. The topological polar surface area (TPSA) is 90.4 Å². The molecule has 3 N–H and O–H groups in total. The van der Waals surface area contributed by atoms with Gasteiger partial charge in [-0.15, -0.1) is 4.85 Å². The normalized spacial score (nSPS) is 11.4. The molecule has 2 rings (SSSR count). The van der Waals surface area contributed by atoms with Crippen LogP contribution in [0.2, 0.25) is 0 Å². The fourth-order valence-electron chi connectivity index (χ4n) is 1.69. The molecular formula is C12H10F3N3O3S. The first-order valence-corrected chi connectivity index (χ1v) is 6.63. The summed E-state index contributed by atoms with van der Waals surface area (Å²) < 4.78 is 42.9. The standard InChI is InChI=1S/C12H10F3N3O3S/c13-12(14,15)22-9-3-1-2-7(11(16)19)8(9)6-21-10-4-5-18(20)17-10/h1-5,20H,6H2,(H2,16,19). The van der Waals surface area contributed by atoms with Gasteiger partial charge in [0.05, 0.1) is 6.20 Å². The Hall–Kier alpha value is -2.36. The van der Waals surface area contributed by atoms with Crippen molar-refractivity contribution in [1.29, 1.82) is 0 Å². The molecule has 0 saturated heterocycles. The number of primary amides is 1. The monoisotopic (exact) mass is 333 g/mol. The third kappa shape index (κ3) is 4.07. The summed E-state index contributed by atoms with van der Waals surface area (Å²) in [5, 5.41) is 12.5. The number of halogens is 3. The second-order valence-electron chi connectivity index (χ2n) is 4.06. The highest BCUT2D eigenvalue weighted by Crippen LogP contribution is 2.39. The largest absolute Gasteiger partial charge is 0.472 e. The number of carbonyl (C=O) groups excluding carboxylic acids is 1. The second kappa shape index (κ2) is 6.18. The van der Waals surface area contributed by atoms with Gasteiger partial charge >= 0.3 is 5.51 Å². The Morgan fingerprint density at radius 3 is 2.68 bits per heavy atom. The average Bonchev–Trinajstić information content (AvgIpc) is 2.81. The quantitative estimate of drug-likeness (QED) is 0.648. The molecule has 6 nitrogen and oxygen atoms in total. The van der Waals surface area contributed by atoms with E-state index in [2.05, 4.69) is 5.10 Å². The summed E-state index contributed by atoms with van der Waals surface area (Å²) in [4.78, 5) is 11.7. The molecule has 0 unspecified atom stereocenters. The van der Waals surface area contributed by atoms with Gasteiger partial charge in [0.25, 0.3) is 0 Å². The Morgan fingerprint density at radius 1 is 1.41 bits per heavy atom. The number of thioether (sulfide) groups is 1. The number of hydrogen-bond acceptors (Lipinski definition) is 5. The zero-order chi connectivity index (χ0) is 16.3. The lowest BCUT2D eigenvalue weighted by molar-refractivity contribution is -0.0328. The minimum atomic E-state index is -4.52. The van der Waals surface area contributed by atoms with E-state index in [-0.39, 0.29) is 40.3 Å². The molecule has 0 aliphatic carbocycles. The van der Waals surface area contributed by atoms with Crippen LogP contribution in [0.25, 0.3) is 0 Å². The van der Waals surface area contributed by atoms with Crippen molar-refractivity contribution in [2.24, 2.45) is 5.73 Å². The molecule has 1 amide bonds. The van der Waals surface area contributed by atoms with E-state index in [4.69, 9.17) is 15.7 Å². The Morgan fingerprint density at radius 2 is 2.14 bits per heavy atom. The van der Waals surface area contributed by atoms with Crippen LogP contribution in [0.1, 0.15) is 15.9 Å². The molecule has 0 atom stereocenters. The molecule has 0 spiro atoms. The van der Waals surface area contributed by atoms with E-state index >= 15 is 0 Å². The number of ether oxygens (including phenoxy) is 1. The maximum atomic E-state index is 12.6. The van der Waals surface area contributed by atoms with Crippen LogP contribution in [0.4, 0.5) is 13.2 Å². The minimum absolute atomic E-state index is 0.00446. The molecule has 0 bridgehead atoms. The zero-order valence-corrected chi connectivity index (χ0v) is 11.7. The molecule has 0 fully saturated rings. The van der Waals surface area contributed by atoms with Gasteiger partial charge in [0.2, 0.25) is 11.8 Å². The minimum Gasteiger partial charge on any atom is -0.472 e. The van der Waals surface area contributed by atoms with Gasteiger partial charge < -0.3 is 15.7 Å². The predicted molar refractivity (Wildman–Crippen MR) is 70.6 cm³/mol. The summed E-state index contributed by atoms with van der Waals surface area (Å²) in [5.41, 5.74) is 0.592. The molecule has 0 aliphatic heterocycles. The van der Waals surface area contributed by atoms with E-state index in [0.29, 0.717) is 4.85 Å². The Balaban J connectivity index is 2.30. The molecular weight excluding hydrogens is 323 g/mol. The van der Waals surface area contributed by atoms with Crippen molar-refractivity contribution in [2.75, 3.05) is 0 Å². The molecule has 0 saturated carbocycles. The molecule has 0 aliphatic rings. The Bertz CT molecular complexity index is 688. The predicted octanol–water partition coefficient (Wildman–Crippen LogP) is 2.41. The first-order chi connectivity index (χ1) is 10.3. The average molecular weight is 333 g/mol. The molecule has 0 radical (unpaired) electrons. The van der Waals surface area contributed by atoms with Crippen LogP contribution in [0.5, 0.6) is 5.88 Å². The highest BCUT2D eigenvalue weighted by Gasteiger charge is 2.31. The maximum absolute atomic E-state index is 12.6. The van der Waals surface area contributed by atoms with Gasteiger partial charge in [-0.2, -0.15) is 13.2 Å². The fourth-order valence-corrected chi connectivity index (χ4v) is 2.37. The highest BCUT2D eigenvalue weighted by molar-refractivity contribution is 8.00. The van der Waals surface area contributed by atoms with Gasteiger partial charge in [0.15, 0.2) is 0 Å². The van der Waals surface area contributed by atoms with Crippen LogP contribution in [0, 0.1) is 0 Å². The van der Waals surface area contributed by atoms with Crippen molar-refractivity contribution in [3.8, 4) is 5.88 Å². The van der Waals surface area contributed by atoms with Crippen molar-refractivity contribution >= 4 is 17.7 Å². The summed E-state index contributed by atoms with van der Waals surface area (Å²) in [6.45, 7) is -0.353. The van der Waals surface area contributed by atoms with Crippen molar-refractivity contribution in [3.63, 3.8) is 0 Å². The van der Waals surface area contributed by atoms with E-state index in [1.807, 2.05) is 0 Å². The van der Waals surface area contributed by atoms with E-state index in [9.17, 15) is 18.0 Å². The van der Waals surface area contributed by atoms with Crippen LogP contribution < -0.4 is 10.5 Å². The van der Waals surface area contributed by atoms with Crippen LogP contribution >= 0.6 is 11.8 Å². The van der Waals surface area contributed by atoms with E-state index in [1.54, 1.807) is 0 Å². The smallest absolute Gasteiger partial charge is 0.446 e. The van der Waals surface area contributed by atoms with Crippen LogP contribution in [0.3, 0.4) is 0 Å². The van der Waals surface area contributed by atoms with Gasteiger partial charge in [-0.3, -0.25) is 4.79 Å². The van der Waals surface area contributed by atoms with E-state index in [0.717, 1.165) is 0 Å². The summed E-state index contributed by atoms with van der Waals surface area (Å²) in [6, 6.07) is 5.14. The number of nitrogens with zero attached hydrogens (tertiary/aromatic N) is 2.